The topological polar surface area (TPSA) is 79.0 Å². The molecule has 1 aliphatic heterocycles. The van der Waals surface area contributed by atoms with Crippen molar-refractivity contribution < 1.29 is 17.9 Å². The molecular formula is C23H31N3O4S2. The summed E-state index contributed by atoms with van der Waals surface area (Å²) in [6.45, 7) is 8.34. The first-order valence-corrected chi connectivity index (χ1v) is 13.2. The van der Waals surface area contributed by atoms with Crippen LogP contribution in [0.2, 0.25) is 0 Å². The van der Waals surface area contributed by atoms with Gasteiger partial charge in [0.05, 0.1) is 13.2 Å². The normalized spacial score (nSPS) is 14.9. The molecule has 1 aromatic heterocycles. The van der Waals surface area contributed by atoms with Crippen LogP contribution in [0.3, 0.4) is 0 Å². The Hall–Kier alpha value is -2.20. The van der Waals surface area contributed by atoms with Gasteiger partial charge in [0, 0.05) is 36.7 Å². The fraction of sp³-hybridized carbons (Fsp3) is 0.435. The van der Waals surface area contributed by atoms with E-state index >= 15 is 0 Å². The number of rotatable bonds is 11. The number of ether oxygens (including phenoxy) is 1. The molecular weight excluding hydrogens is 446 g/mol. The third-order valence-electron chi connectivity index (χ3n) is 5.17. The van der Waals surface area contributed by atoms with Gasteiger partial charge in [0.2, 0.25) is 15.9 Å². The lowest BCUT2D eigenvalue weighted by molar-refractivity contribution is -0.117. The quantitative estimate of drug-likeness (QED) is 0.496. The molecule has 0 saturated carbocycles. The number of benzene rings is 1. The number of carbonyl (C=O) groups excluding carboxylic acids is 1. The van der Waals surface area contributed by atoms with Crippen molar-refractivity contribution in [2.75, 3.05) is 38.1 Å². The van der Waals surface area contributed by atoms with E-state index in [9.17, 15) is 13.2 Å². The summed E-state index contributed by atoms with van der Waals surface area (Å²) >= 11 is 1.64. The van der Waals surface area contributed by atoms with Crippen LogP contribution in [0.4, 0.5) is 5.69 Å². The van der Waals surface area contributed by atoms with Crippen LogP contribution < -0.4 is 10.1 Å². The number of hydrogen-bond acceptors (Lipinski definition) is 6. The Morgan fingerprint density at radius 1 is 1.28 bits per heavy atom. The van der Waals surface area contributed by atoms with Gasteiger partial charge in [-0.1, -0.05) is 18.6 Å². The lowest BCUT2D eigenvalue weighted by Gasteiger charge is -2.27. The monoisotopic (exact) mass is 477 g/mol. The van der Waals surface area contributed by atoms with E-state index in [4.69, 9.17) is 4.74 Å². The van der Waals surface area contributed by atoms with Crippen LogP contribution in [-0.2, 0) is 21.4 Å². The van der Waals surface area contributed by atoms with Gasteiger partial charge in [-0.25, -0.2) is 8.42 Å². The van der Waals surface area contributed by atoms with E-state index in [1.807, 2.05) is 29.3 Å². The zero-order valence-corrected chi connectivity index (χ0v) is 20.1. The maximum atomic E-state index is 13.3. The Balaban J connectivity index is 1.76. The summed E-state index contributed by atoms with van der Waals surface area (Å²) in [5, 5.41) is 4.85. The van der Waals surface area contributed by atoms with Gasteiger partial charge in [-0.15, -0.1) is 17.9 Å². The van der Waals surface area contributed by atoms with Crippen LogP contribution in [0.5, 0.6) is 5.75 Å². The molecule has 1 saturated heterocycles. The van der Waals surface area contributed by atoms with Gasteiger partial charge in [0.25, 0.3) is 0 Å². The molecule has 0 radical (unpaired) electrons. The Morgan fingerprint density at radius 3 is 2.72 bits per heavy atom. The number of nitrogens with one attached hydrogen (secondary N) is 1. The molecule has 9 heteroatoms. The lowest BCUT2D eigenvalue weighted by Crippen LogP contribution is -2.36. The molecule has 2 aromatic rings. The summed E-state index contributed by atoms with van der Waals surface area (Å²) < 4.78 is 33.7. The van der Waals surface area contributed by atoms with Crippen LogP contribution in [0.15, 0.2) is 53.3 Å². The number of amides is 1. The molecule has 1 aromatic carbocycles. The third kappa shape index (κ3) is 6.41. The van der Waals surface area contributed by atoms with Gasteiger partial charge in [-0.05, 0) is 49.4 Å². The van der Waals surface area contributed by atoms with Crippen LogP contribution in [0.25, 0.3) is 0 Å². The van der Waals surface area contributed by atoms with Crippen molar-refractivity contribution in [3.63, 3.8) is 0 Å². The van der Waals surface area contributed by atoms with E-state index in [2.05, 4.69) is 11.9 Å². The molecule has 32 heavy (non-hydrogen) atoms. The minimum absolute atomic E-state index is 0.0978. The first-order chi connectivity index (χ1) is 15.4. The van der Waals surface area contributed by atoms with E-state index in [1.165, 1.54) is 10.4 Å². The zero-order valence-electron chi connectivity index (χ0n) is 18.5. The predicted molar refractivity (Wildman–Crippen MR) is 129 cm³/mol. The molecule has 174 valence electrons. The molecule has 1 fully saturated rings. The highest BCUT2D eigenvalue weighted by molar-refractivity contribution is 7.89. The molecule has 7 nitrogen and oxygen atoms in total. The minimum atomic E-state index is -3.70. The van der Waals surface area contributed by atoms with Crippen molar-refractivity contribution in [3.8, 4) is 5.75 Å². The Labute approximate surface area is 194 Å². The number of piperidine rings is 1. The fourth-order valence-corrected chi connectivity index (χ4v) is 6.12. The molecule has 2 heterocycles. The van der Waals surface area contributed by atoms with Gasteiger partial charge < -0.3 is 10.1 Å². The second-order valence-corrected chi connectivity index (χ2v) is 10.6. The number of carbonyl (C=O) groups is 1. The maximum Gasteiger partial charge on any atom is 0.246 e. The third-order valence-corrected chi connectivity index (χ3v) is 7.96. The smallest absolute Gasteiger partial charge is 0.246 e. The number of hydrogen-bond donors (Lipinski definition) is 1. The minimum Gasteiger partial charge on any atom is -0.492 e. The standard InChI is InChI=1S/C23H31N3O4S2/c1-3-12-25(17-20-9-8-15-31-20)18-23(27)24-19-10-11-21(30-4-2)22(16-19)32(28,29)26-13-6-5-7-14-26/h3,8-11,15-16H,1,4-7,12-14,17-18H2,2H3,(H,24,27). The highest BCUT2D eigenvalue weighted by atomic mass is 32.2. The average Bonchev–Trinajstić information content (AvgIpc) is 3.28. The van der Waals surface area contributed by atoms with Gasteiger partial charge in [-0.3, -0.25) is 9.69 Å². The summed E-state index contributed by atoms with van der Waals surface area (Å²) in [6.07, 6.45) is 4.50. The summed E-state index contributed by atoms with van der Waals surface area (Å²) in [5.41, 5.74) is 0.434. The summed E-state index contributed by atoms with van der Waals surface area (Å²) in [6, 6.07) is 8.81. The molecule has 0 aliphatic carbocycles. The zero-order chi connectivity index (χ0) is 23.0. The summed E-state index contributed by atoms with van der Waals surface area (Å²) in [7, 11) is -3.70. The summed E-state index contributed by atoms with van der Waals surface area (Å²) in [5.74, 6) is 0.0935. The van der Waals surface area contributed by atoms with Crippen molar-refractivity contribution in [3.05, 3.63) is 53.2 Å². The molecule has 0 bridgehead atoms. The number of anilines is 1. The Kier molecular flexibility index (Phi) is 8.86. The first kappa shape index (κ1) is 24.4. The fourth-order valence-electron chi connectivity index (χ4n) is 3.70. The first-order valence-electron chi connectivity index (χ1n) is 10.9. The van der Waals surface area contributed by atoms with Crippen molar-refractivity contribution >= 4 is 33.0 Å². The highest BCUT2D eigenvalue weighted by Gasteiger charge is 2.29. The van der Waals surface area contributed by atoms with E-state index < -0.39 is 10.0 Å². The van der Waals surface area contributed by atoms with Crippen molar-refractivity contribution in [2.24, 2.45) is 0 Å². The SMILES string of the molecule is C=CCN(CC(=O)Nc1ccc(OCC)c(S(=O)(=O)N2CCCCC2)c1)Cc1cccs1. The van der Waals surface area contributed by atoms with Crippen molar-refractivity contribution in [2.45, 2.75) is 37.6 Å². The van der Waals surface area contributed by atoms with Gasteiger partial charge in [0.15, 0.2) is 0 Å². The second kappa shape index (κ2) is 11.6. The van der Waals surface area contributed by atoms with Gasteiger partial charge in [0.1, 0.15) is 10.6 Å². The summed E-state index contributed by atoms with van der Waals surface area (Å²) in [4.78, 5) is 16.0. The molecule has 3 rings (SSSR count). The van der Waals surface area contributed by atoms with E-state index in [0.717, 1.165) is 24.1 Å². The molecule has 1 N–H and O–H groups in total. The van der Waals surface area contributed by atoms with Crippen LogP contribution >= 0.6 is 11.3 Å². The average molecular weight is 478 g/mol. The van der Waals surface area contributed by atoms with Crippen LogP contribution in [0, 0.1) is 0 Å². The van der Waals surface area contributed by atoms with Gasteiger partial charge >= 0.3 is 0 Å². The largest absolute Gasteiger partial charge is 0.492 e. The predicted octanol–water partition coefficient (Wildman–Crippen LogP) is 3.95. The maximum absolute atomic E-state index is 13.3. The van der Waals surface area contributed by atoms with Crippen LogP contribution in [-0.4, -0.2) is 56.3 Å². The molecule has 0 atom stereocenters. The van der Waals surface area contributed by atoms with E-state index in [0.29, 0.717) is 44.2 Å². The van der Waals surface area contributed by atoms with E-state index in [1.54, 1.807) is 29.5 Å². The Bertz CT molecular complexity index is 1000. The Morgan fingerprint density at radius 2 is 2.06 bits per heavy atom. The number of thiophene rings is 1. The highest BCUT2D eigenvalue weighted by Crippen LogP contribution is 2.31. The lowest BCUT2D eigenvalue weighted by atomic mass is 10.2. The van der Waals surface area contributed by atoms with E-state index in [-0.39, 0.29) is 17.3 Å². The number of sulfonamides is 1. The second-order valence-electron chi connectivity index (χ2n) is 7.65. The molecule has 0 unspecified atom stereocenters. The van der Waals surface area contributed by atoms with Crippen molar-refractivity contribution in [1.29, 1.82) is 0 Å². The van der Waals surface area contributed by atoms with Gasteiger partial charge in [-0.2, -0.15) is 4.31 Å². The van der Waals surface area contributed by atoms with Crippen molar-refractivity contribution in [1.82, 2.24) is 9.21 Å². The number of nitrogens with zero attached hydrogens (tertiary/aromatic N) is 2. The molecule has 1 aliphatic rings. The molecule has 1 amide bonds. The molecule has 0 spiro atoms. The van der Waals surface area contributed by atoms with Crippen LogP contribution in [0.1, 0.15) is 31.1 Å².